The minimum atomic E-state index is -3.81. The lowest BCUT2D eigenvalue weighted by Crippen LogP contribution is -2.49. The van der Waals surface area contributed by atoms with Crippen molar-refractivity contribution in [1.82, 2.24) is 0 Å². The highest BCUT2D eigenvalue weighted by Crippen LogP contribution is 2.55. The lowest BCUT2D eigenvalue weighted by atomic mass is 9.65. The second-order valence-electron chi connectivity index (χ2n) is 6.99. The molecule has 1 fully saturated rings. The van der Waals surface area contributed by atoms with Gasteiger partial charge in [-0.05, 0) is 42.5 Å². The number of halogens is 3. The minimum Gasteiger partial charge on any atom is -0.550 e. The molecule has 0 spiro atoms. The van der Waals surface area contributed by atoms with Crippen LogP contribution in [0.2, 0.25) is 0 Å². The Morgan fingerprint density at radius 2 is 1.84 bits per heavy atom. The van der Waals surface area contributed by atoms with E-state index in [1.807, 2.05) is 0 Å². The average molecular weight is 375 g/mol. The summed E-state index contributed by atoms with van der Waals surface area (Å²) in [7, 11) is 0. The number of carboxylic acid groups (broad SMARTS) is 1. The zero-order valence-corrected chi connectivity index (χ0v) is 14.8. The van der Waals surface area contributed by atoms with Crippen molar-refractivity contribution in [1.29, 1.82) is 0 Å². The van der Waals surface area contributed by atoms with Crippen molar-refractivity contribution in [2.45, 2.75) is 39.2 Å². The number of amides is 1. The summed E-state index contributed by atoms with van der Waals surface area (Å²) in [5.74, 6) is -2.16. The molecule has 2 atom stereocenters. The third-order valence-electron chi connectivity index (χ3n) is 5.35. The summed E-state index contributed by atoms with van der Waals surface area (Å²) >= 11 is 4.68. The molecule has 2 unspecified atom stereocenters. The van der Waals surface area contributed by atoms with Gasteiger partial charge in [0.15, 0.2) is 0 Å². The van der Waals surface area contributed by atoms with E-state index in [2.05, 4.69) is 21.7 Å². The Hall–Kier alpha value is -1.89. The molecule has 1 aromatic rings. The molecule has 0 saturated heterocycles. The number of hydrogen-bond acceptors (Lipinski definition) is 4. The number of nitrogens with one attached hydrogen (secondary N) is 1. The van der Waals surface area contributed by atoms with Crippen molar-refractivity contribution < 1.29 is 28.2 Å². The Bertz CT molecular complexity index is 672. The van der Waals surface area contributed by atoms with Crippen molar-refractivity contribution in [2.24, 2.45) is 16.7 Å². The number of carboxylic acids is 1. The molecule has 0 bridgehead atoms. The van der Waals surface area contributed by atoms with E-state index in [-0.39, 0.29) is 11.7 Å². The zero-order chi connectivity index (χ0) is 19.0. The molecular weight excluding hydrogens is 356 g/mol. The molecule has 2 rings (SSSR count). The van der Waals surface area contributed by atoms with Crippen LogP contribution in [0.3, 0.4) is 0 Å². The number of ether oxygens (including phenoxy) is 1. The van der Waals surface area contributed by atoms with Crippen LogP contribution in [-0.2, 0) is 9.59 Å². The van der Waals surface area contributed by atoms with Gasteiger partial charge in [0.2, 0.25) is 5.91 Å². The molecule has 25 heavy (non-hydrogen) atoms. The van der Waals surface area contributed by atoms with Crippen LogP contribution in [-0.4, -0.2) is 17.4 Å². The quantitative estimate of drug-likeness (QED) is 0.804. The molecule has 1 amide bonds. The highest BCUT2D eigenvalue weighted by Gasteiger charge is 2.54. The average Bonchev–Trinajstić information content (AvgIpc) is 2.71. The number of hydrogen-bond donors (Lipinski definition) is 1. The van der Waals surface area contributed by atoms with Gasteiger partial charge in [-0.25, -0.2) is 0 Å². The minimum absolute atomic E-state index is 0.149. The molecule has 0 aromatic heterocycles. The SMILES string of the molecule is CC1(C(=O)[O-])CCC(C(=O)Nc2ccc(OC(F)(F)Cl)cc2)C1(C)C. The van der Waals surface area contributed by atoms with Crippen molar-refractivity contribution in [3.05, 3.63) is 24.3 Å². The Labute approximate surface area is 149 Å². The van der Waals surface area contributed by atoms with Crippen molar-refractivity contribution in [3.63, 3.8) is 0 Å². The zero-order valence-electron chi connectivity index (χ0n) is 14.1. The molecule has 1 aliphatic carbocycles. The van der Waals surface area contributed by atoms with E-state index in [1.165, 1.54) is 24.3 Å². The van der Waals surface area contributed by atoms with Crippen molar-refractivity contribution >= 4 is 29.2 Å². The molecule has 8 heteroatoms. The summed E-state index contributed by atoms with van der Waals surface area (Å²) in [6, 6.07) is 5.29. The first kappa shape index (κ1) is 19.4. The van der Waals surface area contributed by atoms with E-state index in [9.17, 15) is 23.5 Å². The van der Waals surface area contributed by atoms with E-state index >= 15 is 0 Å². The van der Waals surface area contributed by atoms with E-state index in [0.29, 0.717) is 18.5 Å². The lowest BCUT2D eigenvalue weighted by Gasteiger charge is -2.41. The summed E-state index contributed by atoms with van der Waals surface area (Å²) in [5, 5.41) is 14.2. The highest BCUT2D eigenvalue weighted by molar-refractivity contribution is 6.20. The van der Waals surface area contributed by atoms with Gasteiger partial charge in [-0.15, -0.1) is 8.78 Å². The van der Waals surface area contributed by atoms with Gasteiger partial charge in [0.05, 0.1) is 0 Å². The number of benzene rings is 1. The van der Waals surface area contributed by atoms with Gasteiger partial charge in [0.1, 0.15) is 5.75 Å². The van der Waals surface area contributed by atoms with Crippen molar-refractivity contribution in [3.8, 4) is 5.75 Å². The molecule has 138 valence electrons. The van der Waals surface area contributed by atoms with Crippen LogP contribution in [0.15, 0.2) is 24.3 Å². The maximum atomic E-state index is 12.6. The standard InChI is InChI=1S/C17H20ClF2NO4/c1-15(2)12(8-9-16(15,3)14(23)24)13(22)21-10-4-6-11(7-5-10)25-17(18,19)20/h4-7,12H,8-9H2,1-3H3,(H,21,22)(H,23,24)/p-1. The monoisotopic (exact) mass is 374 g/mol. The van der Waals surface area contributed by atoms with E-state index in [0.717, 1.165) is 0 Å². The maximum Gasteiger partial charge on any atom is 0.487 e. The van der Waals surface area contributed by atoms with Crippen LogP contribution < -0.4 is 15.2 Å². The van der Waals surface area contributed by atoms with Crippen molar-refractivity contribution in [2.75, 3.05) is 5.32 Å². The molecule has 1 aliphatic rings. The first-order valence-electron chi connectivity index (χ1n) is 7.75. The molecule has 1 aromatic carbocycles. The first-order valence-corrected chi connectivity index (χ1v) is 8.13. The van der Waals surface area contributed by atoms with Gasteiger partial charge in [-0.2, -0.15) is 0 Å². The predicted molar refractivity (Wildman–Crippen MR) is 86.1 cm³/mol. The number of aliphatic carboxylic acids is 1. The van der Waals surface area contributed by atoms with Crippen LogP contribution in [0.4, 0.5) is 14.5 Å². The van der Waals surface area contributed by atoms with E-state index < -0.39 is 28.3 Å². The summed E-state index contributed by atoms with van der Waals surface area (Å²) < 4.78 is 29.3. The summed E-state index contributed by atoms with van der Waals surface area (Å²) in [6.45, 7) is 5.06. The van der Waals surface area contributed by atoms with Crippen LogP contribution in [0, 0.1) is 16.7 Å². The Balaban J connectivity index is 2.09. The maximum absolute atomic E-state index is 12.6. The normalized spacial score (nSPS) is 25.4. The Morgan fingerprint density at radius 3 is 2.28 bits per heavy atom. The fourth-order valence-electron chi connectivity index (χ4n) is 3.29. The van der Waals surface area contributed by atoms with E-state index in [4.69, 9.17) is 0 Å². The molecule has 0 radical (unpaired) electrons. The summed E-state index contributed by atoms with van der Waals surface area (Å²) in [4.78, 5) is 24.0. The molecule has 1 saturated carbocycles. The third-order valence-corrected chi connectivity index (χ3v) is 5.43. The van der Waals surface area contributed by atoms with Gasteiger partial charge < -0.3 is 20.0 Å². The highest BCUT2D eigenvalue weighted by atomic mass is 35.5. The van der Waals surface area contributed by atoms with E-state index in [1.54, 1.807) is 20.8 Å². The summed E-state index contributed by atoms with van der Waals surface area (Å²) in [6.07, 6.45) is 0.765. The molecule has 1 N–H and O–H groups in total. The van der Waals surface area contributed by atoms with Gasteiger partial charge in [0, 0.05) is 34.6 Å². The van der Waals surface area contributed by atoms with Crippen LogP contribution in [0.25, 0.3) is 0 Å². The Kier molecular flexibility index (Phi) is 5.01. The number of alkyl halides is 3. The molecule has 5 nitrogen and oxygen atoms in total. The molecule has 0 aliphatic heterocycles. The van der Waals surface area contributed by atoms with Crippen LogP contribution in [0.5, 0.6) is 5.75 Å². The predicted octanol–water partition coefficient (Wildman–Crippen LogP) is 2.99. The van der Waals surface area contributed by atoms with Crippen LogP contribution >= 0.6 is 11.6 Å². The van der Waals surface area contributed by atoms with Gasteiger partial charge in [-0.1, -0.05) is 20.8 Å². The fraction of sp³-hybridized carbons (Fsp3) is 0.529. The largest absolute Gasteiger partial charge is 0.550 e. The smallest absolute Gasteiger partial charge is 0.487 e. The third kappa shape index (κ3) is 3.86. The summed E-state index contributed by atoms with van der Waals surface area (Å²) in [5.41, 5.74) is -5.32. The number of anilines is 1. The molecule has 0 heterocycles. The van der Waals surface area contributed by atoms with Gasteiger partial charge in [0.25, 0.3) is 0 Å². The van der Waals surface area contributed by atoms with Gasteiger partial charge in [-0.3, -0.25) is 4.79 Å². The fourth-order valence-corrected chi connectivity index (χ4v) is 3.38. The lowest BCUT2D eigenvalue weighted by molar-refractivity contribution is -0.323. The Morgan fingerprint density at radius 1 is 1.28 bits per heavy atom. The second kappa shape index (κ2) is 6.44. The number of carbonyl (C=O) groups is 2. The number of carbonyl (C=O) groups excluding carboxylic acids is 2. The second-order valence-corrected chi connectivity index (χ2v) is 7.43. The topological polar surface area (TPSA) is 78.5 Å². The molecular formula is C17H19ClF2NO4-. The first-order chi connectivity index (χ1) is 11.4. The number of rotatable bonds is 5. The van der Waals surface area contributed by atoms with Gasteiger partial charge >= 0.3 is 5.57 Å². The van der Waals surface area contributed by atoms with Crippen LogP contribution in [0.1, 0.15) is 33.6 Å².